The second-order valence-electron chi connectivity index (χ2n) is 6.39. The maximum Gasteiger partial charge on any atom is 0.311 e. The number of carbonyl (C=O) groups is 2. The molecular formula is C19H25N3O3. The minimum absolute atomic E-state index is 0.143. The van der Waals surface area contributed by atoms with Crippen molar-refractivity contribution in [1.82, 2.24) is 9.78 Å². The third-order valence-corrected chi connectivity index (χ3v) is 4.35. The van der Waals surface area contributed by atoms with Gasteiger partial charge in [-0.2, -0.15) is 5.10 Å². The second-order valence-corrected chi connectivity index (χ2v) is 6.39. The number of nitrogens with one attached hydrogen (secondary N) is 1. The average molecular weight is 343 g/mol. The molecular weight excluding hydrogens is 318 g/mol. The van der Waals surface area contributed by atoms with E-state index in [0.29, 0.717) is 5.69 Å². The molecule has 0 saturated heterocycles. The van der Waals surface area contributed by atoms with Gasteiger partial charge in [0, 0.05) is 7.05 Å². The Labute approximate surface area is 148 Å². The van der Waals surface area contributed by atoms with Gasteiger partial charge in [-0.3, -0.25) is 14.3 Å². The molecule has 1 heterocycles. The van der Waals surface area contributed by atoms with Gasteiger partial charge < -0.3 is 10.1 Å². The predicted molar refractivity (Wildman–Crippen MR) is 96.5 cm³/mol. The molecule has 0 radical (unpaired) electrons. The van der Waals surface area contributed by atoms with Crippen LogP contribution in [0.2, 0.25) is 0 Å². The lowest BCUT2D eigenvalue weighted by atomic mass is 10.0. The van der Waals surface area contributed by atoms with Crippen molar-refractivity contribution in [2.75, 3.05) is 5.32 Å². The zero-order valence-corrected chi connectivity index (χ0v) is 15.6. The fourth-order valence-corrected chi connectivity index (χ4v) is 2.55. The zero-order chi connectivity index (χ0) is 18.7. The molecule has 0 unspecified atom stereocenters. The Bertz CT molecular complexity index is 808. The molecule has 6 heteroatoms. The summed E-state index contributed by atoms with van der Waals surface area (Å²) in [6.45, 7) is 9.27. The van der Waals surface area contributed by atoms with Crippen molar-refractivity contribution in [2.45, 2.75) is 47.1 Å². The van der Waals surface area contributed by atoms with Gasteiger partial charge in [0.1, 0.15) is 0 Å². The molecule has 25 heavy (non-hydrogen) atoms. The molecule has 0 fully saturated rings. The second kappa shape index (κ2) is 7.51. The summed E-state index contributed by atoms with van der Waals surface area (Å²) in [5.41, 5.74) is 5.40. The normalized spacial score (nSPS) is 11.9. The number of aromatic nitrogens is 2. The minimum Gasteiger partial charge on any atom is -0.452 e. The van der Waals surface area contributed by atoms with Crippen molar-refractivity contribution in [3.8, 4) is 0 Å². The highest BCUT2D eigenvalue weighted by Crippen LogP contribution is 2.19. The van der Waals surface area contributed by atoms with Gasteiger partial charge in [-0.15, -0.1) is 0 Å². The molecule has 1 aromatic heterocycles. The van der Waals surface area contributed by atoms with Crippen LogP contribution in [0.25, 0.3) is 0 Å². The molecule has 1 N–H and O–H groups in total. The Morgan fingerprint density at radius 2 is 1.88 bits per heavy atom. The fourth-order valence-electron chi connectivity index (χ4n) is 2.55. The van der Waals surface area contributed by atoms with Crippen molar-refractivity contribution in [3.05, 3.63) is 46.3 Å². The monoisotopic (exact) mass is 343 g/mol. The number of hydrogen-bond donors (Lipinski definition) is 1. The molecule has 134 valence electrons. The van der Waals surface area contributed by atoms with Crippen molar-refractivity contribution in [2.24, 2.45) is 7.05 Å². The number of benzene rings is 1. The number of rotatable bonds is 5. The van der Waals surface area contributed by atoms with Crippen LogP contribution >= 0.6 is 0 Å². The Morgan fingerprint density at radius 3 is 2.44 bits per heavy atom. The lowest BCUT2D eigenvalue weighted by Crippen LogP contribution is -2.30. The van der Waals surface area contributed by atoms with Crippen LogP contribution in [0.15, 0.2) is 18.2 Å². The van der Waals surface area contributed by atoms with E-state index in [1.165, 1.54) is 5.56 Å². The molecule has 2 aromatic rings. The molecule has 0 aliphatic heterocycles. The van der Waals surface area contributed by atoms with Crippen LogP contribution in [-0.4, -0.2) is 27.8 Å². The van der Waals surface area contributed by atoms with Crippen LogP contribution in [0.3, 0.4) is 0 Å². The Kier molecular flexibility index (Phi) is 5.62. The highest BCUT2D eigenvalue weighted by Gasteiger charge is 2.21. The smallest absolute Gasteiger partial charge is 0.311 e. The van der Waals surface area contributed by atoms with Gasteiger partial charge in [-0.1, -0.05) is 18.2 Å². The molecule has 1 atom stereocenters. The van der Waals surface area contributed by atoms with Crippen LogP contribution in [-0.2, 0) is 27.8 Å². The molecule has 6 nitrogen and oxygen atoms in total. The first-order chi connectivity index (χ1) is 11.7. The maximum absolute atomic E-state index is 12.3. The number of nitrogens with zero attached hydrogens (tertiary/aromatic N) is 2. The van der Waals surface area contributed by atoms with Crippen LogP contribution in [0.4, 0.5) is 5.69 Å². The van der Waals surface area contributed by atoms with Crippen LogP contribution in [0.5, 0.6) is 0 Å². The van der Waals surface area contributed by atoms with Crippen molar-refractivity contribution >= 4 is 17.6 Å². The maximum atomic E-state index is 12.3. The first kappa shape index (κ1) is 18.7. The van der Waals surface area contributed by atoms with E-state index in [1.807, 2.05) is 52.9 Å². The zero-order valence-electron chi connectivity index (χ0n) is 15.6. The van der Waals surface area contributed by atoms with Gasteiger partial charge in [-0.25, -0.2) is 0 Å². The quantitative estimate of drug-likeness (QED) is 0.847. The number of hydrogen-bond acceptors (Lipinski definition) is 4. The number of ether oxygens (including phenoxy) is 1. The number of esters is 1. The van der Waals surface area contributed by atoms with Gasteiger partial charge in [0.2, 0.25) is 0 Å². The minimum atomic E-state index is -0.877. The number of anilines is 1. The summed E-state index contributed by atoms with van der Waals surface area (Å²) in [7, 11) is 1.81. The first-order valence-electron chi connectivity index (χ1n) is 8.25. The number of carbonyl (C=O) groups excluding carboxylic acids is 2. The van der Waals surface area contributed by atoms with Gasteiger partial charge in [0.25, 0.3) is 5.91 Å². The summed E-state index contributed by atoms with van der Waals surface area (Å²) < 4.78 is 6.96. The summed E-state index contributed by atoms with van der Waals surface area (Å²) in [6, 6.07) is 5.84. The molecule has 0 spiro atoms. The van der Waals surface area contributed by atoms with Crippen molar-refractivity contribution < 1.29 is 14.3 Å². The van der Waals surface area contributed by atoms with E-state index >= 15 is 0 Å². The van der Waals surface area contributed by atoms with Crippen LogP contribution in [0, 0.1) is 27.7 Å². The Morgan fingerprint density at radius 1 is 1.20 bits per heavy atom. The predicted octanol–water partition coefficient (Wildman–Crippen LogP) is 2.77. The largest absolute Gasteiger partial charge is 0.452 e. The highest BCUT2D eigenvalue weighted by atomic mass is 16.5. The lowest BCUT2D eigenvalue weighted by molar-refractivity contribution is -0.152. The van der Waals surface area contributed by atoms with Gasteiger partial charge in [0.15, 0.2) is 6.10 Å². The van der Waals surface area contributed by atoms with E-state index in [1.54, 1.807) is 11.6 Å². The molecule has 0 aliphatic carbocycles. The standard InChI is InChI=1S/C19H25N3O3/c1-11-7-8-16(9-12(11)2)10-17(23)25-15(5)19(24)20-18-13(3)21-22(6)14(18)4/h7-9,15H,10H2,1-6H3,(H,20,24)/t15-/m1/s1. The third kappa shape index (κ3) is 4.47. The van der Waals surface area contributed by atoms with E-state index in [9.17, 15) is 9.59 Å². The van der Waals surface area contributed by atoms with Crippen molar-refractivity contribution in [3.63, 3.8) is 0 Å². The van der Waals surface area contributed by atoms with E-state index in [4.69, 9.17) is 4.74 Å². The van der Waals surface area contributed by atoms with E-state index < -0.39 is 12.1 Å². The fraction of sp³-hybridized carbons (Fsp3) is 0.421. The lowest BCUT2D eigenvalue weighted by Gasteiger charge is -2.14. The topological polar surface area (TPSA) is 73.2 Å². The molecule has 0 saturated carbocycles. The van der Waals surface area contributed by atoms with Gasteiger partial charge in [0.05, 0.1) is 23.5 Å². The van der Waals surface area contributed by atoms with E-state index in [-0.39, 0.29) is 12.3 Å². The van der Waals surface area contributed by atoms with Crippen molar-refractivity contribution in [1.29, 1.82) is 0 Å². The molecule has 1 aromatic carbocycles. The third-order valence-electron chi connectivity index (χ3n) is 4.35. The molecule has 1 amide bonds. The first-order valence-corrected chi connectivity index (χ1v) is 8.25. The Balaban J connectivity index is 1.95. The summed E-state index contributed by atoms with van der Waals surface area (Å²) in [5, 5.41) is 7.03. The summed E-state index contributed by atoms with van der Waals surface area (Å²) in [4.78, 5) is 24.4. The summed E-state index contributed by atoms with van der Waals surface area (Å²) in [6.07, 6.45) is -0.734. The van der Waals surface area contributed by atoms with Crippen LogP contribution < -0.4 is 5.32 Å². The van der Waals surface area contributed by atoms with Gasteiger partial charge >= 0.3 is 5.97 Å². The van der Waals surface area contributed by atoms with E-state index in [0.717, 1.165) is 22.5 Å². The number of aryl methyl sites for hydroxylation is 4. The Hall–Kier alpha value is -2.63. The molecule has 2 rings (SSSR count). The summed E-state index contributed by atoms with van der Waals surface area (Å²) in [5.74, 6) is -0.793. The average Bonchev–Trinajstić information content (AvgIpc) is 2.77. The molecule has 0 bridgehead atoms. The SMILES string of the molecule is Cc1ccc(CC(=O)O[C@H](C)C(=O)Nc2c(C)nn(C)c2C)cc1C. The van der Waals surface area contributed by atoms with Gasteiger partial charge in [-0.05, 0) is 51.3 Å². The highest BCUT2D eigenvalue weighted by molar-refractivity contribution is 5.96. The van der Waals surface area contributed by atoms with Crippen LogP contribution in [0.1, 0.15) is 35.0 Å². The molecule has 0 aliphatic rings. The van der Waals surface area contributed by atoms with E-state index in [2.05, 4.69) is 10.4 Å². The number of amides is 1. The summed E-state index contributed by atoms with van der Waals surface area (Å²) >= 11 is 0.